The number of benzene rings is 1. The summed E-state index contributed by atoms with van der Waals surface area (Å²) < 4.78 is 6.08. The molecule has 0 radical (unpaired) electrons. The van der Waals surface area contributed by atoms with Crippen LogP contribution in [0.2, 0.25) is 0 Å². The third kappa shape index (κ3) is 2.86. The Morgan fingerprint density at radius 2 is 2.12 bits per heavy atom. The maximum atomic E-state index is 12.9. The van der Waals surface area contributed by atoms with Crippen LogP contribution in [0.4, 0.5) is 0 Å². The van der Waals surface area contributed by atoms with E-state index in [1.807, 2.05) is 23.1 Å². The number of hydrogen-bond donors (Lipinski definition) is 1. The van der Waals surface area contributed by atoms with Crippen LogP contribution in [0.1, 0.15) is 31.1 Å². The minimum Gasteiger partial charge on any atom is -0.459 e. The summed E-state index contributed by atoms with van der Waals surface area (Å²) in [5.74, 6) is 2.23. The highest BCUT2D eigenvalue weighted by Crippen LogP contribution is 2.30. The van der Waals surface area contributed by atoms with Crippen LogP contribution in [0.25, 0.3) is 11.3 Å². The van der Waals surface area contributed by atoms with Gasteiger partial charge in [-0.25, -0.2) is 0 Å². The number of carbonyl (C=O) groups excluding carboxylic acids is 1. The van der Waals surface area contributed by atoms with Crippen LogP contribution in [0, 0.1) is 5.92 Å². The summed E-state index contributed by atoms with van der Waals surface area (Å²) in [6, 6.07) is 12.6. The van der Waals surface area contributed by atoms with E-state index < -0.39 is 0 Å². The summed E-state index contributed by atoms with van der Waals surface area (Å²) >= 11 is 0. The van der Waals surface area contributed by atoms with Crippen molar-refractivity contribution in [1.29, 1.82) is 0 Å². The quantitative estimate of drug-likeness (QED) is 0.922. The topological polar surface area (TPSA) is 45.5 Å². The van der Waals surface area contributed by atoms with Crippen molar-refractivity contribution < 1.29 is 9.21 Å². The number of fused-ring (bicyclic) bond motifs is 1. The maximum absolute atomic E-state index is 12.9. The molecule has 4 heteroatoms. The molecule has 0 aliphatic carbocycles. The van der Waals surface area contributed by atoms with Crippen molar-refractivity contribution in [3.8, 4) is 11.3 Å². The van der Waals surface area contributed by atoms with Gasteiger partial charge in [0.2, 0.25) is 5.91 Å². The van der Waals surface area contributed by atoms with Gasteiger partial charge in [-0.2, -0.15) is 0 Å². The summed E-state index contributed by atoms with van der Waals surface area (Å²) in [7, 11) is 0. The van der Waals surface area contributed by atoms with Crippen LogP contribution in [0.15, 0.2) is 40.8 Å². The van der Waals surface area contributed by atoms with E-state index in [1.165, 1.54) is 5.56 Å². The molecular weight excluding hydrogens is 300 g/mol. The largest absolute Gasteiger partial charge is 0.459 e. The van der Waals surface area contributed by atoms with E-state index in [4.69, 9.17) is 4.42 Å². The molecule has 2 aromatic rings. The molecule has 126 valence electrons. The van der Waals surface area contributed by atoms with Crippen molar-refractivity contribution in [3.05, 3.63) is 47.7 Å². The first kappa shape index (κ1) is 15.5. The lowest BCUT2D eigenvalue weighted by Gasteiger charge is -2.35. The van der Waals surface area contributed by atoms with Gasteiger partial charge in [0.05, 0.1) is 12.5 Å². The van der Waals surface area contributed by atoms with E-state index in [-0.39, 0.29) is 17.9 Å². The third-order valence-electron chi connectivity index (χ3n) is 5.33. The van der Waals surface area contributed by atoms with Gasteiger partial charge in [0.15, 0.2) is 0 Å². The number of rotatable bonds is 2. The summed E-state index contributed by atoms with van der Waals surface area (Å²) in [6.45, 7) is 4.54. The Morgan fingerprint density at radius 1 is 1.29 bits per heavy atom. The summed E-state index contributed by atoms with van der Waals surface area (Å²) in [5.41, 5.74) is 2.34. The fraction of sp³-hybridized carbons (Fsp3) is 0.450. The van der Waals surface area contributed by atoms with E-state index >= 15 is 0 Å². The molecule has 1 saturated heterocycles. The molecule has 2 aliphatic rings. The number of nitrogens with zero attached hydrogens (tertiary/aromatic N) is 1. The van der Waals surface area contributed by atoms with Crippen LogP contribution in [-0.2, 0) is 17.8 Å². The van der Waals surface area contributed by atoms with E-state index in [0.29, 0.717) is 6.54 Å². The molecule has 0 unspecified atom stereocenters. The molecule has 1 aromatic carbocycles. The van der Waals surface area contributed by atoms with Gasteiger partial charge < -0.3 is 14.6 Å². The summed E-state index contributed by atoms with van der Waals surface area (Å²) in [5, 5.41) is 3.43. The first-order valence-electron chi connectivity index (χ1n) is 8.91. The van der Waals surface area contributed by atoms with Crippen molar-refractivity contribution in [1.82, 2.24) is 10.2 Å². The smallest absolute Gasteiger partial charge is 0.227 e. The maximum Gasteiger partial charge on any atom is 0.227 e. The highest BCUT2D eigenvalue weighted by molar-refractivity contribution is 5.80. The predicted octanol–water partition coefficient (Wildman–Crippen LogP) is 3.22. The third-order valence-corrected chi connectivity index (χ3v) is 5.33. The number of amides is 1. The first-order chi connectivity index (χ1) is 11.7. The monoisotopic (exact) mass is 324 g/mol. The number of carbonyl (C=O) groups is 1. The lowest BCUT2D eigenvalue weighted by atomic mass is 9.90. The Kier molecular flexibility index (Phi) is 4.15. The Labute approximate surface area is 142 Å². The molecule has 0 bridgehead atoms. The fourth-order valence-corrected chi connectivity index (χ4v) is 3.87. The zero-order chi connectivity index (χ0) is 16.5. The summed E-state index contributed by atoms with van der Waals surface area (Å²) in [4.78, 5) is 14.9. The molecule has 4 rings (SSSR count). The SMILES string of the molecule is C[C@H]1NCCC[C@H]1C(=O)N1CCc2cc(-c3ccccc3)oc2C1. The van der Waals surface area contributed by atoms with Crippen molar-refractivity contribution in [3.63, 3.8) is 0 Å². The minimum absolute atomic E-state index is 0.101. The van der Waals surface area contributed by atoms with E-state index in [0.717, 1.165) is 49.4 Å². The zero-order valence-electron chi connectivity index (χ0n) is 14.1. The minimum atomic E-state index is 0.101. The average Bonchev–Trinajstić information content (AvgIpc) is 3.05. The van der Waals surface area contributed by atoms with E-state index in [2.05, 4.69) is 30.4 Å². The second kappa shape index (κ2) is 6.44. The highest BCUT2D eigenvalue weighted by Gasteiger charge is 2.33. The molecule has 4 nitrogen and oxygen atoms in total. The van der Waals surface area contributed by atoms with Gasteiger partial charge in [0.1, 0.15) is 11.5 Å². The van der Waals surface area contributed by atoms with Crippen LogP contribution < -0.4 is 5.32 Å². The van der Waals surface area contributed by atoms with E-state index in [9.17, 15) is 4.79 Å². The van der Waals surface area contributed by atoms with Crippen molar-refractivity contribution in [2.75, 3.05) is 13.1 Å². The molecule has 2 aliphatic heterocycles. The number of nitrogens with one attached hydrogen (secondary N) is 1. The Hall–Kier alpha value is -2.07. The zero-order valence-corrected chi connectivity index (χ0v) is 14.1. The van der Waals surface area contributed by atoms with Gasteiger partial charge in [-0.1, -0.05) is 30.3 Å². The van der Waals surface area contributed by atoms with Crippen LogP contribution in [-0.4, -0.2) is 29.9 Å². The van der Waals surface area contributed by atoms with Gasteiger partial charge in [0.25, 0.3) is 0 Å². The fourth-order valence-electron chi connectivity index (χ4n) is 3.87. The molecule has 1 N–H and O–H groups in total. The molecule has 0 saturated carbocycles. The molecule has 24 heavy (non-hydrogen) atoms. The molecular formula is C20H24N2O2. The van der Waals surface area contributed by atoms with Gasteiger partial charge in [-0.3, -0.25) is 4.79 Å². The normalized spacial score (nSPS) is 23.8. The number of piperidine rings is 1. The lowest BCUT2D eigenvalue weighted by molar-refractivity contribution is -0.138. The van der Waals surface area contributed by atoms with Crippen molar-refractivity contribution in [2.45, 2.75) is 38.8 Å². The molecule has 1 fully saturated rings. The van der Waals surface area contributed by atoms with Gasteiger partial charge in [-0.15, -0.1) is 0 Å². The molecule has 1 amide bonds. The second-order valence-corrected chi connectivity index (χ2v) is 6.93. The Morgan fingerprint density at radius 3 is 2.92 bits per heavy atom. The number of hydrogen-bond acceptors (Lipinski definition) is 3. The summed E-state index contributed by atoms with van der Waals surface area (Å²) in [6.07, 6.45) is 2.95. The van der Waals surface area contributed by atoms with E-state index in [1.54, 1.807) is 0 Å². The Bertz CT molecular complexity index is 722. The molecule has 2 atom stereocenters. The van der Waals surface area contributed by atoms with Gasteiger partial charge in [-0.05, 0) is 44.4 Å². The standard InChI is InChI=1S/C20H24N2O2/c1-14-17(8-5-10-21-14)20(23)22-11-9-16-12-18(24-19(16)13-22)15-6-3-2-4-7-15/h2-4,6-7,12,14,17,21H,5,8-11,13H2,1H3/t14-,17-/m1/s1. The predicted molar refractivity (Wildman–Crippen MR) is 93.5 cm³/mol. The van der Waals surface area contributed by atoms with Crippen molar-refractivity contribution in [2.24, 2.45) is 5.92 Å². The van der Waals surface area contributed by atoms with Crippen LogP contribution in [0.5, 0.6) is 0 Å². The Balaban J connectivity index is 1.51. The van der Waals surface area contributed by atoms with Crippen LogP contribution in [0.3, 0.4) is 0 Å². The molecule has 0 spiro atoms. The van der Waals surface area contributed by atoms with Crippen LogP contribution >= 0.6 is 0 Å². The first-order valence-corrected chi connectivity index (χ1v) is 8.91. The van der Waals surface area contributed by atoms with Gasteiger partial charge >= 0.3 is 0 Å². The lowest BCUT2D eigenvalue weighted by Crippen LogP contribution is -2.49. The molecule has 3 heterocycles. The second-order valence-electron chi connectivity index (χ2n) is 6.93. The average molecular weight is 324 g/mol. The number of furan rings is 1. The van der Waals surface area contributed by atoms with Crippen molar-refractivity contribution >= 4 is 5.91 Å². The molecule has 1 aromatic heterocycles. The highest BCUT2D eigenvalue weighted by atomic mass is 16.3. The van der Waals surface area contributed by atoms with Gasteiger partial charge in [0, 0.05) is 18.2 Å².